The second kappa shape index (κ2) is 6.79. The maximum absolute atomic E-state index is 13.9. The van der Waals surface area contributed by atoms with Gasteiger partial charge in [-0.05, 0) is 78.8 Å². The zero-order chi connectivity index (χ0) is 22.0. The predicted molar refractivity (Wildman–Crippen MR) is 121 cm³/mol. The van der Waals surface area contributed by atoms with Crippen molar-refractivity contribution < 1.29 is 17.6 Å². The van der Waals surface area contributed by atoms with Crippen molar-refractivity contribution in [3.63, 3.8) is 0 Å². The van der Waals surface area contributed by atoms with E-state index in [1.807, 2.05) is 48.5 Å². The predicted octanol–water partition coefficient (Wildman–Crippen LogP) is 8.47. The van der Waals surface area contributed by atoms with Gasteiger partial charge in [0, 0.05) is 12.1 Å². The van der Waals surface area contributed by atoms with Crippen molar-refractivity contribution in [1.82, 2.24) is 0 Å². The lowest BCUT2D eigenvalue weighted by Crippen LogP contribution is -1.91. The summed E-state index contributed by atoms with van der Waals surface area (Å²) in [6.45, 7) is 0. The van der Waals surface area contributed by atoms with E-state index < -0.39 is 23.3 Å². The molecule has 0 aliphatic rings. The number of halogens is 4. The molecule has 0 spiro atoms. The molecule has 0 saturated carbocycles. The van der Waals surface area contributed by atoms with Crippen LogP contribution in [0.2, 0.25) is 0 Å². The van der Waals surface area contributed by atoms with E-state index in [9.17, 15) is 17.6 Å². The van der Waals surface area contributed by atoms with Crippen molar-refractivity contribution in [3.8, 4) is 22.3 Å². The Morgan fingerprint density at radius 2 is 0.719 bits per heavy atom. The molecule has 0 fully saturated rings. The first-order valence-electron chi connectivity index (χ1n) is 10.1. The molecule has 0 unspecified atom stereocenters. The quantitative estimate of drug-likeness (QED) is 0.192. The normalized spacial score (nSPS) is 11.8. The molecule has 6 aromatic rings. The average molecular weight is 426 g/mol. The molecule has 0 aliphatic carbocycles. The smallest absolute Gasteiger partial charge is 0.126 e. The fourth-order valence-corrected chi connectivity index (χ4v) is 4.72. The average Bonchev–Trinajstić information content (AvgIpc) is 2.75. The summed E-state index contributed by atoms with van der Waals surface area (Å²) in [5, 5.41) is 5.55. The van der Waals surface area contributed by atoms with Gasteiger partial charge in [0.05, 0.1) is 0 Å². The standard InChI is InChI=1S/C28H14F4/c29-19-9-17(10-20(30)13-19)23-5-1-15-3-7-26-24(18-11-21(31)14-22(32)12-18)6-2-16-4-8-25(23)27(15)28(16)26/h1-14H. The first kappa shape index (κ1) is 18.8. The molecule has 154 valence electrons. The number of hydrogen-bond donors (Lipinski definition) is 0. The Bertz CT molecular complexity index is 1500. The molecule has 0 heterocycles. The molecule has 32 heavy (non-hydrogen) atoms. The van der Waals surface area contributed by atoms with Gasteiger partial charge in [0.2, 0.25) is 0 Å². The molecule has 6 aromatic carbocycles. The van der Waals surface area contributed by atoms with Crippen LogP contribution in [0.25, 0.3) is 54.6 Å². The van der Waals surface area contributed by atoms with E-state index in [1.54, 1.807) is 0 Å². The molecular weight excluding hydrogens is 412 g/mol. The highest BCUT2D eigenvalue weighted by molar-refractivity contribution is 6.27. The van der Waals surface area contributed by atoms with Gasteiger partial charge in [-0.15, -0.1) is 0 Å². The lowest BCUT2D eigenvalue weighted by atomic mass is 9.87. The summed E-state index contributed by atoms with van der Waals surface area (Å²) in [6.07, 6.45) is 0. The molecular formula is C28H14F4. The fourth-order valence-electron chi connectivity index (χ4n) is 4.72. The topological polar surface area (TPSA) is 0 Å². The van der Waals surface area contributed by atoms with Gasteiger partial charge in [0.1, 0.15) is 23.3 Å². The van der Waals surface area contributed by atoms with Crippen LogP contribution >= 0.6 is 0 Å². The van der Waals surface area contributed by atoms with Crippen molar-refractivity contribution in [2.75, 3.05) is 0 Å². The summed E-state index contributed by atoms with van der Waals surface area (Å²) in [5.74, 6) is -2.55. The maximum atomic E-state index is 13.9. The van der Waals surface area contributed by atoms with Crippen molar-refractivity contribution in [1.29, 1.82) is 0 Å². The van der Waals surface area contributed by atoms with E-state index in [0.29, 0.717) is 22.3 Å². The van der Waals surface area contributed by atoms with E-state index >= 15 is 0 Å². The van der Waals surface area contributed by atoms with Crippen molar-refractivity contribution in [2.45, 2.75) is 0 Å². The van der Waals surface area contributed by atoms with Gasteiger partial charge in [-0.2, -0.15) is 0 Å². The Hall–Kier alpha value is -3.92. The lowest BCUT2D eigenvalue weighted by Gasteiger charge is -2.16. The first-order chi connectivity index (χ1) is 15.5. The highest BCUT2D eigenvalue weighted by atomic mass is 19.1. The minimum absolute atomic E-state index is 0.452. The highest BCUT2D eigenvalue weighted by Crippen LogP contribution is 2.42. The number of benzene rings is 6. The van der Waals surface area contributed by atoms with Gasteiger partial charge >= 0.3 is 0 Å². The molecule has 0 bridgehead atoms. The van der Waals surface area contributed by atoms with Crippen LogP contribution in [0.1, 0.15) is 0 Å². The van der Waals surface area contributed by atoms with Gasteiger partial charge in [-0.1, -0.05) is 48.5 Å². The van der Waals surface area contributed by atoms with Gasteiger partial charge in [-0.3, -0.25) is 0 Å². The molecule has 6 rings (SSSR count). The third-order valence-corrected chi connectivity index (χ3v) is 6.01. The van der Waals surface area contributed by atoms with E-state index in [1.165, 1.54) is 24.3 Å². The third-order valence-electron chi connectivity index (χ3n) is 6.01. The number of rotatable bonds is 2. The zero-order valence-electron chi connectivity index (χ0n) is 16.6. The highest BCUT2D eigenvalue weighted by Gasteiger charge is 2.16. The summed E-state index contributed by atoms with van der Waals surface area (Å²) < 4.78 is 55.7. The third kappa shape index (κ3) is 2.83. The van der Waals surface area contributed by atoms with Gasteiger partial charge in [-0.25, -0.2) is 17.6 Å². The largest absolute Gasteiger partial charge is 0.207 e. The second-order valence-electron chi connectivity index (χ2n) is 7.96. The van der Waals surface area contributed by atoms with Gasteiger partial charge < -0.3 is 0 Å². The Labute approximate surface area is 180 Å². The molecule has 0 aromatic heterocycles. The van der Waals surface area contributed by atoms with Gasteiger partial charge in [0.25, 0.3) is 0 Å². The minimum atomic E-state index is -0.638. The second-order valence-corrected chi connectivity index (χ2v) is 7.96. The van der Waals surface area contributed by atoms with Crippen LogP contribution in [0.5, 0.6) is 0 Å². The Morgan fingerprint density at radius 1 is 0.375 bits per heavy atom. The van der Waals surface area contributed by atoms with Crippen LogP contribution in [0.4, 0.5) is 17.6 Å². The molecule has 0 nitrogen and oxygen atoms in total. The zero-order valence-corrected chi connectivity index (χ0v) is 16.6. The molecule has 4 heteroatoms. The molecule has 0 aliphatic heterocycles. The summed E-state index contributed by atoms with van der Waals surface area (Å²) in [4.78, 5) is 0. The molecule has 0 atom stereocenters. The van der Waals surface area contributed by atoms with Crippen molar-refractivity contribution in [2.24, 2.45) is 0 Å². The molecule has 0 N–H and O–H groups in total. The maximum Gasteiger partial charge on any atom is 0.126 e. The first-order valence-corrected chi connectivity index (χ1v) is 10.1. The van der Waals surface area contributed by atoms with Crippen molar-refractivity contribution >= 4 is 32.3 Å². The van der Waals surface area contributed by atoms with Crippen LogP contribution in [-0.2, 0) is 0 Å². The van der Waals surface area contributed by atoms with Crippen LogP contribution in [-0.4, -0.2) is 0 Å². The fraction of sp³-hybridized carbons (Fsp3) is 0. The summed E-state index contributed by atoms with van der Waals surface area (Å²) in [5.41, 5.74) is 2.33. The van der Waals surface area contributed by atoms with Crippen LogP contribution < -0.4 is 0 Å². The Kier molecular flexibility index (Phi) is 3.99. The Morgan fingerprint density at radius 3 is 1.09 bits per heavy atom. The van der Waals surface area contributed by atoms with Crippen molar-refractivity contribution in [3.05, 3.63) is 108 Å². The van der Waals surface area contributed by atoms with E-state index in [2.05, 4.69) is 0 Å². The summed E-state index contributed by atoms with van der Waals surface area (Å²) >= 11 is 0. The summed E-state index contributed by atoms with van der Waals surface area (Å²) in [6, 6.07) is 22.3. The van der Waals surface area contributed by atoms with Crippen LogP contribution in [0.15, 0.2) is 84.9 Å². The minimum Gasteiger partial charge on any atom is -0.207 e. The Balaban J connectivity index is 1.72. The lowest BCUT2D eigenvalue weighted by molar-refractivity contribution is 0.583. The summed E-state index contributed by atoms with van der Waals surface area (Å²) in [7, 11) is 0. The van der Waals surface area contributed by atoms with E-state index in [4.69, 9.17) is 0 Å². The van der Waals surface area contributed by atoms with Gasteiger partial charge in [0.15, 0.2) is 0 Å². The van der Waals surface area contributed by atoms with E-state index in [-0.39, 0.29) is 0 Å². The molecule has 0 saturated heterocycles. The number of hydrogen-bond acceptors (Lipinski definition) is 0. The van der Waals surface area contributed by atoms with Crippen LogP contribution in [0.3, 0.4) is 0 Å². The van der Waals surface area contributed by atoms with Crippen LogP contribution in [0, 0.1) is 23.3 Å². The van der Waals surface area contributed by atoms with E-state index in [0.717, 1.165) is 44.5 Å². The molecule has 0 amide bonds. The molecule has 0 radical (unpaired) electrons. The monoisotopic (exact) mass is 426 g/mol. The SMILES string of the molecule is Fc1cc(F)cc(-c2ccc3ccc4c(-c5cc(F)cc(F)c5)ccc5ccc2c3c54)c1.